The van der Waals surface area contributed by atoms with Crippen LogP contribution in [-0.4, -0.2) is 51.1 Å². The molecule has 7 nitrogen and oxygen atoms in total. The normalized spacial score (nSPS) is 13.5. The van der Waals surface area contributed by atoms with Crippen LogP contribution >= 0.6 is 0 Å². The third-order valence-electron chi connectivity index (χ3n) is 5.20. The fourth-order valence-corrected chi connectivity index (χ4v) is 3.67. The smallest absolute Gasteiger partial charge is 0.221 e. The maximum absolute atomic E-state index is 11.1. The van der Waals surface area contributed by atoms with Crippen molar-refractivity contribution in [3.63, 3.8) is 0 Å². The van der Waals surface area contributed by atoms with Gasteiger partial charge in [-0.3, -0.25) is 9.79 Å². The number of rotatable bonds is 6. The van der Waals surface area contributed by atoms with E-state index < -0.39 is 0 Å². The summed E-state index contributed by atoms with van der Waals surface area (Å²) in [6, 6.07) is 12.1. The molecule has 1 aliphatic rings. The van der Waals surface area contributed by atoms with Crippen LogP contribution in [0.25, 0.3) is 0 Å². The fourth-order valence-electron chi connectivity index (χ4n) is 3.67. The lowest BCUT2D eigenvalue weighted by molar-refractivity contribution is -0.114. The van der Waals surface area contributed by atoms with Gasteiger partial charge in [0.05, 0.1) is 14.2 Å². The topological polar surface area (TPSA) is 75.2 Å². The van der Waals surface area contributed by atoms with Crippen LogP contribution in [0.3, 0.4) is 0 Å². The number of hydrogen-bond donors (Lipinski definition) is 2. The minimum absolute atomic E-state index is 0.0626. The van der Waals surface area contributed by atoms with Gasteiger partial charge in [0.15, 0.2) is 17.5 Å². The highest BCUT2D eigenvalue weighted by molar-refractivity contribution is 5.88. The Kier molecular flexibility index (Phi) is 7.17. The van der Waals surface area contributed by atoms with Crippen LogP contribution < -0.4 is 20.1 Å². The third kappa shape index (κ3) is 5.23. The highest BCUT2D eigenvalue weighted by atomic mass is 16.5. The summed E-state index contributed by atoms with van der Waals surface area (Å²) >= 11 is 0. The second-order valence-corrected chi connectivity index (χ2v) is 7.25. The molecule has 0 aliphatic carbocycles. The van der Waals surface area contributed by atoms with Crippen molar-refractivity contribution in [2.24, 2.45) is 4.99 Å². The van der Waals surface area contributed by atoms with E-state index in [0.29, 0.717) is 0 Å². The molecule has 2 aromatic rings. The van der Waals surface area contributed by atoms with E-state index in [2.05, 4.69) is 32.7 Å². The van der Waals surface area contributed by atoms with E-state index in [1.54, 1.807) is 14.2 Å². The Morgan fingerprint density at radius 3 is 2.37 bits per heavy atom. The zero-order chi connectivity index (χ0) is 21.5. The summed E-state index contributed by atoms with van der Waals surface area (Å²) in [5, 5.41) is 6.25. The number of carbonyl (C=O) groups is 1. The zero-order valence-electron chi connectivity index (χ0n) is 18.1. The SMILES string of the molecule is CN=C(NCCc1ccc(NC(C)=O)cc1)N1CCc2cc(OC)c(OC)cc2C1. The largest absolute Gasteiger partial charge is 0.493 e. The molecule has 0 saturated carbocycles. The van der Waals surface area contributed by atoms with E-state index in [0.717, 1.165) is 55.6 Å². The van der Waals surface area contributed by atoms with E-state index in [9.17, 15) is 4.79 Å². The summed E-state index contributed by atoms with van der Waals surface area (Å²) in [5.41, 5.74) is 4.54. The van der Waals surface area contributed by atoms with Crippen LogP contribution in [0.15, 0.2) is 41.4 Å². The summed E-state index contributed by atoms with van der Waals surface area (Å²) < 4.78 is 10.9. The average molecular weight is 411 g/mol. The van der Waals surface area contributed by atoms with Gasteiger partial charge < -0.3 is 25.0 Å². The summed E-state index contributed by atoms with van der Waals surface area (Å²) in [7, 11) is 5.14. The molecule has 1 heterocycles. The van der Waals surface area contributed by atoms with Gasteiger partial charge in [-0.15, -0.1) is 0 Å². The molecular formula is C23H30N4O3. The van der Waals surface area contributed by atoms with Crippen molar-refractivity contribution in [1.82, 2.24) is 10.2 Å². The molecule has 2 aromatic carbocycles. The number of carbonyl (C=O) groups excluding carboxylic acids is 1. The molecule has 160 valence electrons. The van der Waals surface area contributed by atoms with Crippen LogP contribution in [0.4, 0.5) is 5.69 Å². The standard InChI is InChI=1S/C23H30N4O3/c1-16(28)26-20-7-5-17(6-8-20)9-11-25-23(24-2)27-12-10-18-13-21(29-3)22(30-4)14-19(18)15-27/h5-8,13-14H,9-12,15H2,1-4H3,(H,24,25)(H,26,28). The fraction of sp³-hybridized carbons (Fsp3) is 0.391. The number of amides is 1. The molecule has 3 rings (SSSR count). The summed E-state index contributed by atoms with van der Waals surface area (Å²) in [6.45, 7) is 3.96. The Labute approximate surface area is 178 Å². The number of aliphatic imine (C=N–C) groups is 1. The van der Waals surface area contributed by atoms with E-state index in [-0.39, 0.29) is 5.91 Å². The first kappa shape index (κ1) is 21.5. The lowest BCUT2D eigenvalue weighted by atomic mass is 9.99. The maximum atomic E-state index is 11.1. The Bertz CT molecular complexity index is 909. The molecule has 0 atom stereocenters. The molecule has 0 bridgehead atoms. The monoisotopic (exact) mass is 410 g/mol. The first-order valence-corrected chi connectivity index (χ1v) is 10.1. The van der Waals surface area contributed by atoms with Gasteiger partial charge in [0.25, 0.3) is 0 Å². The van der Waals surface area contributed by atoms with Crippen molar-refractivity contribution in [3.8, 4) is 11.5 Å². The quantitative estimate of drug-likeness (QED) is 0.566. The number of ether oxygens (including phenoxy) is 2. The number of guanidine groups is 1. The Hall–Kier alpha value is -3.22. The lowest BCUT2D eigenvalue weighted by Crippen LogP contribution is -2.44. The average Bonchev–Trinajstić information content (AvgIpc) is 2.76. The number of fused-ring (bicyclic) bond motifs is 1. The molecule has 0 aromatic heterocycles. The number of methoxy groups -OCH3 is 2. The molecular weight excluding hydrogens is 380 g/mol. The third-order valence-corrected chi connectivity index (χ3v) is 5.20. The molecule has 2 N–H and O–H groups in total. The molecule has 0 unspecified atom stereocenters. The van der Waals surface area contributed by atoms with Crippen molar-refractivity contribution < 1.29 is 14.3 Å². The molecule has 0 radical (unpaired) electrons. The highest BCUT2D eigenvalue weighted by Gasteiger charge is 2.21. The van der Waals surface area contributed by atoms with E-state index in [4.69, 9.17) is 9.47 Å². The van der Waals surface area contributed by atoms with Gasteiger partial charge in [-0.1, -0.05) is 12.1 Å². The Morgan fingerprint density at radius 1 is 1.10 bits per heavy atom. The number of nitrogens with zero attached hydrogens (tertiary/aromatic N) is 2. The van der Waals surface area contributed by atoms with Gasteiger partial charge in [0, 0.05) is 39.3 Å². The number of nitrogens with one attached hydrogen (secondary N) is 2. The van der Waals surface area contributed by atoms with Crippen molar-refractivity contribution in [2.45, 2.75) is 26.3 Å². The second kappa shape index (κ2) is 10.0. The first-order valence-electron chi connectivity index (χ1n) is 10.1. The van der Waals surface area contributed by atoms with E-state index in [1.165, 1.54) is 23.6 Å². The van der Waals surface area contributed by atoms with Crippen molar-refractivity contribution in [3.05, 3.63) is 53.1 Å². The number of benzene rings is 2. The van der Waals surface area contributed by atoms with Crippen LogP contribution in [-0.2, 0) is 24.2 Å². The summed E-state index contributed by atoms with van der Waals surface area (Å²) in [4.78, 5) is 17.8. The van der Waals surface area contributed by atoms with Gasteiger partial charge in [-0.2, -0.15) is 0 Å². The maximum Gasteiger partial charge on any atom is 0.221 e. The van der Waals surface area contributed by atoms with Gasteiger partial charge in [0.1, 0.15) is 0 Å². The van der Waals surface area contributed by atoms with Gasteiger partial charge in [-0.05, 0) is 53.8 Å². The van der Waals surface area contributed by atoms with Gasteiger partial charge in [-0.25, -0.2) is 0 Å². The minimum atomic E-state index is -0.0626. The Balaban J connectivity index is 1.57. The Morgan fingerprint density at radius 2 is 1.77 bits per heavy atom. The van der Waals surface area contributed by atoms with E-state index >= 15 is 0 Å². The van der Waals surface area contributed by atoms with Crippen molar-refractivity contribution in [1.29, 1.82) is 0 Å². The summed E-state index contributed by atoms with van der Waals surface area (Å²) in [5.74, 6) is 2.36. The highest BCUT2D eigenvalue weighted by Crippen LogP contribution is 2.33. The predicted molar refractivity (Wildman–Crippen MR) is 119 cm³/mol. The number of hydrogen-bond acceptors (Lipinski definition) is 4. The molecule has 1 amide bonds. The lowest BCUT2D eigenvalue weighted by Gasteiger charge is -2.32. The molecule has 0 fully saturated rings. The van der Waals surface area contributed by atoms with E-state index in [1.807, 2.05) is 31.3 Å². The zero-order valence-corrected chi connectivity index (χ0v) is 18.1. The molecule has 30 heavy (non-hydrogen) atoms. The summed E-state index contributed by atoms with van der Waals surface area (Å²) in [6.07, 6.45) is 1.80. The molecule has 0 spiro atoms. The predicted octanol–water partition coefficient (Wildman–Crippen LogP) is 2.84. The van der Waals surface area contributed by atoms with Gasteiger partial charge >= 0.3 is 0 Å². The first-order chi connectivity index (χ1) is 14.5. The van der Waals surface area contributed by atoms with Gasteiger partial charge in [0.2, 0.25) is 5.91 Å². The van der Waals surface area contributed by atoms with Crippen LogP contribution in [0, 0.1) is 0 Å². The minimum Gasteiger partial charge on any atom is -0.493 e. The van der Waals surface area contributed by atoms with Crippen molar-refractivity contribution in [2.75, 3.05) is 39.7 Å². The molecule has 7 heteroatoms. The van der Waals surface area contributed by atoms with Crippen LogP contribution in [0.2, 0.25) is 0 Å². The van der Waals surface area contributed by atoms with Crippen LogP contribution in [0.5, 0.6) is 11.5 Å². The number of anilines is 1. The second-order valence-electron chi connectivity index (χ2n) is 7.25. The molecule has 1 aliphatic heterocycles. The van der Waals surface area contributed by atoms with Crippen molar-refractivity contribution >= 4 is 17.6 Å². The molecule has 0 saturated heterocycles. The van der Waals surface area contributed by atoms with Crippen LogP contribution in [0.1, 0.15) is 23.6 Å².